The van der Waals surface area contributed by atoms with Gasteiger partial charge < -0.3 is 145 Å². The molecule has 3 heterocycles. The summed E-state index contributed by atoms with van der Waals surface area (Å²) in [6, 6.07) is -6.30. The monoisotopic (exact) mass is 1390 g/mol. The molecule has 38 heteroatoms. The van der Waals surface area contributed by atoms with E-state index in [1.54, 1.807) is 0 Å². The minimum atomic E-state index is -4.28. The Morgan fingerprint density at radius 2 is 0.842 bits per heavy atom. The number of hydrogen-bond donors (Lipinski definition) is 17. The van der Waals surface area contributed by atoms with Crippen LogP contribution in [-0.2, 0) is 90.1 Å². The molecule has 37 nitrogen and oxygen atoms in total. The van der Waals surface area contributed by atoms with Crippen LogP contribution in [0.15, 0.2) is 0 Å². The normalized spacial score (nSPS) is 29.9. The standard InChI is InChI=1S/C57H101N8O29P/c1-30(69)61-42-48(77)45(74)37(27-66)91-54(42)88-24-21-85-18-15-58-40(72)13-11-35(52(81)59-16-19-86-22-25-89-55-43(62-31(2)70)49(78)46(75)38(28-67)92-55)64-41(73)14-12-36(65-51(80)33-7-9-34(10-8-33)94-95(83,84)57(4,5)6)53(82)60-17-20-87-23-26-90-56-44(63-32(3)71)50(79)47(76)39(29-68)93-56/h33-39,42-50,54-56,66-68,74-79H,7-29H2,1-6H3,(H,58,72)(H,59,81)(H,60,82)(H,61,69)(H,62,70)(H,63,71)(H,64,73)(H,65,80)(H,83,84)/p-1. The third-order valence-corrected chi connectivity index (χ3v) is 17.9. The molecule has 0 radical (unpaired) electrons. The van der Waals surface area contributed by atoms with Crippen LogP contribution < -0.4 is 47.4 Å². The quantitative estimate of drug-likeness (QED) is 0.0200. The molecular weight excluding hydrogens is 1290 g/mol. The van der Waals surface area contributed by atoms with Crippen molar-refractivity contribution in [3.05, 3.63) is 0 Å². The molecule has 0 aromatic rings. The summed E-state index contributed by atoms with van der Waals surface area (Å²) in [5.74, 6) is -5.73. The van der Waals surface area contributed by atoms with Crippen molar-refractivity contribution in [2.45, 2.75) is 208 Å². The second-order valence-electron chi connectivity index (χ2n) is 24.2. The molecule has 3 saturated heterocycles. The van der Waals surface area contributed by atoms with Crippen molar-refractivity contribution in [1.82, 2.24) is 42.5 Å². The third-order valence-electron chi connectivity index (χ3n) is 15.7. The first-order chi connectivity index (χ1) is 44.9. The molecule has 0 aromatic carbocycles. The van der Waals surface area contributed by atoms with Crippen LogP contribution >= 0.6 is 7.60 Å². The van der Waals surface area contributed by atoms with Crippen LogP contribution in [0.5, 0.6) is 0 Å². The van der Waals surface area contributed by atoms with Gasteiger partial charge in [-0.2, -0.15) is 0 Å². The maximum Gasteiger partial charge on any atom is 0.242 e. The summed E-state index contributed by atoms with van der Waals surface area (Å²) in [7, 11) is -4.28. The van der Waals surface area contributed by atoms with Gasteiger partial charge in [-0.15, -0.1) is 0 Å². The van der Waals surface area contributed by atoms with E-state index < -0.39 is 202 Å². The lowest BCUT2D eigenvalue weighted by Gasteiger charge is -2.42. The zero-order valence-corrected chi connectivity index (χ0v) is 55.3. The topological polar surface area (TPSA) is 547 Å². The predicted molar refractivity (Wildman–Crippen MR) is 322 cm³/mol. The van der Waals surface area contributed by atoms with Gasteiger partial charge in [0, 0.05) is 64.3 Å². The molecule has 1 saturated carbocycles. The first-order valence-corrected chi connectivity index (χ1v) is 33.2. The second kappa shape index (κ2) is 41.6. The van der Waals surface area contributed by atoms with E-state index in [0.717, 1.165) is 0 Å². The number of aliphatic hydroxyl groups excluding tert-OH is 9. The van der Waals surface area contributed by atoms with Gasteiger partial charge in [0.1, 0.15) is 92.7 Å². The number of rotatable bonds is 40. The van der Waals surface area contributed by atoms with Crippen LogP contribution in [-0.4, -0.2) is 307 Å². The minimum absolute atomic E-state index is 0.0350. The third kappa shape index (κ3) is 27.4. The molecule has 18 unspecified atom stereocenters. The van der Waals surface area contributed by atoms with Gasteiger partial charge in [0.05, 0.1) is 85.4 Å². The highest BCUT2D eigenvalue weighted by Gasteiger charge is 2.48. The van der Waals surface area contributed by atoms with E-state index in [-0.39, 0.29) is 124 Å². The van der Waals surface area contributed by atoms with Gasteiger partial charge >= 0.3 is 0 Å². The molecular formula is C57H100N8O29P-. The summed E-state index contributed by atoms with van der Waals surface area (Å²) in [6.45, 7) is 4.69. The summed E-state index contributed by atoms with van der Waals surface area (Å²) in [4.78, 5) is 117. The smallest absolute Gasteiger partial charge is 0.242 e. The van der Waals surface area contributed by atoms with Gasteiger partial charge in [0.25, 0.3) is 0 Å². The van der Waals surface area contributed by atoms with Crippen molar-refractivity contribution in [3.63, 3.8) is 0 Å². The van der Waals surface area contributed by atoms with Crippen molar-refractivity contribution in [2.24, 2.45) is 5.92 Å². The Morgan fingerprint density at radius 1 is 0.495 bits per heavy atom. The molecule has 3 aliphatic heterocycles. The van der Waals surface area contributed by atoms with E-state index in [4.69, 9.17) is 47.2 Å². The Balaban J connectivity index is 1.37. The average Bonchev–Trinajstić information content (AvgIpc) is 0.886. The Morgan fingerprint density at radius 3 is 1.19 bits per heavy atom. The lowest BCUT2D eigenvalue weighted by atomic mass is 9.86. The maximum absolute atomic E-state index is 13.9. The number of aliphatic hydroxyl groups is 9. The van der Waals surface area contributed by atoms with Gasteiger partial charge in [-0.1, -0.05) is 20.8 Å². The molecule has 18 atom stereocenters. The Kier molecular flexibility index (Phi) is 36.1. The second-order valence-corrected chi connectivity index (χ2v) is 26.7. The van der Waals surface area contributed by atoms with Crippen molar-refractivity contribution in [2.75, 3.05) is 98.9 Å². The summed E-state index contributed by atoms with van der Waals surface area (Å²) < 4.78 is 68.5. The molecule has 0 spiro atoms. The number of carbonyl (C=O) groups is 8. The van der Waals surface area contributed by atoms with Crippen LogP contribution in [0.25, 0.3) is 0 Å². The zero-order valence-electron chi connectivity index (χ0n) is 54.4. The van der Waals surface area contributed by atoms with Gasteiger partial charge in [-0.25, -0.2) is 0 Å². The number of hydrogen-bond acceptors (Lipinski definition) is 29. The average molecular weight is 1390 g/mol. The van der Waals surface area contributed by atoms with Crippen molar-refractivity contribution < 1.29 is 141 Å². The van der Waals surface area contributed by atoms with Gasteiger partial charge in [-0.3, -0.25) is 38.4 Å². The number of amides is 8. The summed E-state index contributed by atoms with van der Waals surface area (Å²) >= 11 is 0. The number of ether oxygens (including phenoxy) is 9. The summed E-state index contributed by atoms with van der Waals surface area (Å²) in [5, 5.41) is 111. The molecule has 4 aliphatic rings. The zero-order chi connectivity index (χ0) is 70.6. The Labute approximate surface area is 549 Å². The molecule has 0 bridgehead atoms. The maximum atomic E-state index is 13.9. The lowest BCUT2D eigenvalue weighted by Crippen LogP contribution is -2.64. The van der Waals surface area contributed by atoms with Crippen LogP contribution in [0.3, 0.4) is 0 Å². The Bertz CT molecular complexity index is 2450. The Hall–Kier alpha value is -4.81. The molecule has 4 rings (SSSR count). The van der Waals surface area contributed by atoms with Crippen LogP contribution in [0.2, 0.25) is 0 Å². The van der Waals surface area contributed by atoms with E-state index in [1.165, 1.54) is 41.5 Å². The highest BCUT2D eigenvalue weighted by molar-refractivity contribution is 7.53. The van der Waals surface area contributed by atoms with Gasteiger partial charge in [0.2, 0.25) is 47.3 Å². The van der Waals surface area contributed by atoms with E-state index in [1.807, 2.05) is 0 Å². The molecule has 548 valence electrons. The SMILES string of the molecule is CC(=O)NC1C(OCCOCCNC(=O)CCC(NC(=O)CCC(NC(=O)C2CCC(OP(=O)([O-])C(C)(C)C)CC2)C(=O)NCCOCCOC2OC(CO)C(O)C(O)C2NC(C)=O)C(=O)NCCOCCOC2OC(CO)C(O)C(O)C2NC(C)=O)OC(CO)C(O)C1O. The van der Waals surface area contributed by atoms with Crippen molar-refractivity contribution in [1.29, 1.82) is 0 Å². The van der Waals surface area contributed by atoms with Crippen molar-refractivity contribution >= 4 is 54.9 Å². The molecule has 4 fully saturated rings. The number of nitrogens with one attached hydrogen (secondary N) is 8. The van der Waals surface area contributed by atoms with Gasteiger partial charge in [-0.05, 0) is 38.5 Å². The van der Waals surface area contributed by atoms with Crippen molar-refractivity contribution in [3.8, 4) is 0 Å². The van der Waals surface area contributed by atoms with E-state index in [9.17, 15) is 93.8 Å². The summed E-state index contributed by atoms with van der Waals surface area (Å²) in [6.07, 6.45) is -17.9. The minimum Gasteiger partial charge on any atom is -0.778 e. The fraction of sp³-hybridized carbons (Fsp3) is 0.860. The van der Waals surface area contributed by atoms with Crippen LogP contribution in [0.4, 0.5) is 0 Å². The first kappa shape index (κ1) is 82.6. The van der Waals surface area contributed by atoms with Gasteiger partial charge in [0.15, 0.2) is 18.9 Å². The molecule has 17 N–H and O–H groups in total. The molecule has 0 aromatic heterocycles. The highest BCUT2D eigenvalue weighted by Crippen LogP contribution is 2.53. The van der Waals surface area contributed by atoms with Crippen LogP contribution in [0.1, 0.15) is 92.9 Å². The fourth-order valence-corrected chi connectivity index (χ4v) is 11.3. The molecule has 8 amide bonds. The highest BCUT2D eigenvalue weighted by atomic mass is 31.2. The molecule has 1 aliphatic carbocycles. The lowest BCUT2D eigenvalue weighted by molar-refractivity contribution is -0.272. The number of carbonyl (C=O) groups excluding carboxylic acids is 8. The largest absolute Gasteiger partial charge is 0.778 e. The van der Waals surface area contributed by atoms with Crippen LogP contribution in [0, 0.1) is 5.92 Å². The summed E-state index contributed by atoms with van der Waals surface area (Å²) in [5.41, 5.74) is 0. The molecule has 95 heavy (non-hydrogen) atoms. The van der Waals surface area contributed by atoms with E-state index in [0.29, 0.717) is 0 Å². The fourth-order valence-electron chi connectivity index (χ4n) is 10.3. The van der Waals surface area contributed by atoms with E-state index >= 15 is 0 Å². The van der Waals surface area contributed by atoms with E-state index in [2.05, 4.69) is 42.5 Å². The first-order valence-electron chi connectivity index (χ1n) is 31.6. The predicted octanol–water partition coefficient (Wildman–Crippen LogP) is -8.28.